The fraction of sp³-hybridized carbons (Fsp3) is 0.143. The number of nitrogens with two attached hydrogens (primary N) is 1. The number of hydrogen-bond donors (Lipinski definition) is 2. The van der Waals surface area contributed by atoms with Crippen LogP contribution in [0.25, 0.3) is 0 Å². The van der Waals surface area contributed by atoms with Gasteiger partial charge in [-0.1, -0.05) is 12.1 Å². The first-order valence-corrected chi connectivity index (χ1v) is 7.44. The molecule has 0 atom stereocenters. The summed E-state index contributed by atoms with van der Waals surface area (Å²) in [4.78, 5) is 0.135. The average molecular weight is 292 g/mol. The SMILES string of the molecule is COc1cccc(S(=O)(=O)Nc2ccc(C)c(N)c2)c1. The smallest absolute Gasteiger partial charge is 0.262 e. The van der Waals surface area contributed by atoms with Crippen LogP contribution in [0.15, 0.2) is 47.4 Å². The van der Waals surface area contributed by atoms with Crippen molar-refractivity contribution in [1.82, 2.24) is 0 Å². The van der Waals surface area contributed by atoms with E-state index < -0.39 is 10.0 Å². The van der Waals surface area contributed by atoms with Crippen molar-refractivity contribution in [3.63, 3.8) is 0 Å². The van der Waals surface area contributed by atoms with Crippen molar-refractivity contribution < 1.29 is 13.2 Å². The van der Waals surface area contributed by atoms with Crippen LogP contribution in [-0.2, 0) is 10.0 Å². The van der Waals surface area contributed by atoms with E-state index >= 15 is 0 Å². The molecule has 0 fully saturated rings. The van der Waals surface area contributed by atoms with Gasteiger partial charge < -0.3 is 10.5 Å². The van der Waals surface area contributed by atoms with Crippen molar-refractivity contribution in [3.8, 4) is 5.75 Å². The van der Waals surface area contributed by atoms with E-state index in [1.54, 1.807) is 30.3 Å². The van der Waals surface area contributed by atoms with Crippen LogP contribution in [0.4, 0.5) is 11.4 Å². The van der Waals surface area contributed by atoms with Crippen molar-refractivity contribution in [1.29, 1.82) is 0 Å². The van der Waals surface area contributed by atoms with Gasteiger partial charge in [0, 0.05) is 11.8 Å². The molecule has 0 saturated heterocycles. The predicted octanol–water partition coefficient (Wildman–Crippen LogP) is 2.39. The Hall–Kier alpha value is -2.21. The zero-order valence-corrected chi connectivity index (χ0v) is 12.1. The van der Waals surface area contributed by atoms with Crippen LogP contribution in [0.2, 0.25) is 0 Å². The van der Waals surface area contributed by atoms with Crippen molar-refractivity contribution in [3.05, 3.63) is 48.0 Å². The second-order valence-corrected chi connectivity index (χ2v) is 6.04. The molecule has 20 heavy (non-hydrogen) atoms. The molecular weight excluding hydrogens is 276 g/mol. The molecule has 0 amide bonds. The van der Waals surface area contributed by atoms with E-state index in [1.165, 1.54) is 19.2 Å². The molecule has 0 aromatic heterocycles. The number of anilines is 2. The van der Waals surface area contributed by atoms with Gasteiger partial charge in [-0.25, -0.2) is 8.42 Å². The van der Waals surface area contributed by atoms with E-state index in [2.05, 4.69) is 4.72 Å². The molecule has 0 aliphatic rings. The van der Waals surface area contributed by atoms with Crippen molar-refractivity contribution in [2.45, 2.75) is 11.8 Å². The summed E-state index contributed by atoms with van der Waals surface area (Å²) in [5, 5.41) is 0. The van der Waals surface area contributed by atoms with Gasteiger partial charge in [-0.05, 0) is 36.8 Å². The molecule has 0 heterocycles. The van der Waals surface area contributed by atoms with Crippen molar-refractivity contribution in [2.24, 2.45) is 0 Å². The summed E-state index contributed by atoms with van der Waals surface area (Å²) in [6, 6.07) is 11.3. The summed E-state index contributed by atoms with van der Waals surface area (Å²) < 4.78 is 32.0. The van der Waals surface area contributed by atoms with Gasteiger partial charge >= 0.3 is 0 Å². The maximum atomic E-state index is 12.3. The van der Waals surface area contributed by atoms with Gasteiger partial charge in [0.25, 0.3) is 10.0 Å². The summed E-state index contributed by atoms with van der Waals surface area (Å²) in [5.74, 6) is 0.483. The molecule has 0 saturated carbocycles. The Morgan fingerprint density at radius 1 is 1.15 bits per heavy atom. The number of methoxy groups -OCH3 is 1. The molecule has 0 aliphatic heterocycles. The van der Waals surface area contributed by atoms with Gasteiger partial charge in [0.15, 0.2) is 0 Å². The maximum Gasteiger partial charge on any atom is 0.262 e. The highest BCUT2D eigenvalue weighted by molar-refractivity contribution is 7.92. The van der Waals surface area contributed by atoms with Crippen LogP contribution < -0.4 is 15.2 Å². The first-order chi connectivity index (χ1) is 9.42. The Morgan fingerprint density at radius 2 is 1.90 bits per heavy atom. The largest absolute Gasteiger partial charge is 0.497 e. The van der Waals surface area contributed by atoms with Gasteiger partial charge in [-0.15, -0.1) is 0 Å². The molecule has 0 unspecified atom stereocenters. The van der Waals surface area contributed by atoms with Gasteiger partial charge in [0.1, 0.15) is 5.75 Å². The molecule has 5 nitrogen and oxygen atoms in total. The van der Waals surface area contributed by atoms with Crippen LogP contribution in [0.3, 0.4) is 0 Å². The van der Waals surface area contributed by atoms with E-state index in [1.807, 2.05) is 6.92 Å². The van der Waals surface area contributed by atoms with Crippen molar-refractivity contribution in [2.75, 3.05) is 17.6 Å². The van der Waals surface area contributed by atoms with E-state index in [9.17, 15) is 8.42 Å². The summed E-state index contributed by atoms with van der Waals surface area (Å²) in [7, 11) is -2.18. The van der Waals surface area contributed by atoms with Crippen LogP contribution in [-0.4, -0.2) is 15.5 Å². The minimum Gasteiger partial charge on any atom is -0.497 e. The lowest BCUT2D eigenvalue weighted by molar-refractivity contribution is 0.413. The Balaban J connectivity index is 2.32. The highest BCUT2D eigenvalue weighted by Crippen LogP contribution is 2.22. The molecule has 0 spiro atoms. The zero-order valence-electron chi connectivity index (χ0n) is 11.3. The Labute approximate surface area is 118 Å². The normalized spacial score (nSPS) is 11.1. The number of nitrogen functional groups attached to an aromatic ring is 1. The van der Waals surface area contributed by atoms with Gasteiger partial charge in [-0.3, -0.25) is 4.72 Å². The summed E-state index contributed by atoms with van der Waals surface area (Å²) in [6.45, 7) is 1.86. The predicted molar refractivity (Wildman–Crippen MR) is 79.4 cm³/mol. The quantitative estimate of drug-likeness (QED) is 0.848. The fourth-order valence-corrected chi connectivity index (χ4v) is 2.77. The topological polar surface area (TPSA) is 81.4 Å². The van der Waals surface area contributed by atoms with Crippen LogP contribution in [0.5, 0.6) is 5.75 Å². The molecule has 2 aromatic rings. The number of hydrogen-bond acceptors (Lipinski definition) is 4. The van der Waals surface area contributed by atoms with Gasteiger partial charge in [0.2, 0.25) is 0 Å². The molecule has 2 aromatic carbocycles. The number of nitrogens with one attached hydrogen (secondary N) is 1. The fourth-order valence-electron chi connectivity index (χ4n) is 1.69. The molecule has 0 radical (unpaired) electrons. The zero-order chi connectivity index (χ0) is 14.8. The Kier molecular flexibility index (Phi) is 3.85. The number of benzene rings is 2. The molecule has 106 valence electrons. The third kappa shape index (κ3) is 3.03. The third-order valence-electron chi connectivity index (χ3n) is 2.88. The monoisotopic (exact) mass is 292 g/mol. The van der Waals surface area contributed by atoms with E-state index in [0.717, 1.165) is 5.56 Å². The number of sulfonamides is 1. The van der Waals surface area contributed by atoms with Crippen molar-refractivity contribution >= 4 is 21.4 Å². The highest BCUT2D eigenvalue weighted by atomic mass is 32.2. The standard InChI is InChI=1S/C14H16N2O3S/c1-10-6-7-11(8-14(10)15)16-20(17,18)13-5-3-4-12(9-13)19-2/h3-9,16H,15H2,1-2H3. The van der Waals surface area contributed by atoms with E-state index in [4.69, 9.17) is 10.5 Å². The van der Waals surface area contributed by atoms with E-state index in [-0.39, 0.29) is 4.90 Å². The molecule has 0 bridgehead atoms. The van der Waals surface area contributed by atoms with E-state index in [0.29, 0.717) is 17.1 Å². The molecule has 6 heteroatoms. The average Bonchev–Trinajstić information content (AvgIpc) is 2.43. The first-order valence-electron chi connectivity index (χ1n) is 5.95. The lowest BCUT2D eigenvalue weighted by Gasteiger charge is -2.10. The molecular formula is C14H16N2O3S. The molecule has 3 N–H and O–H groups in total. The summed E-state index contributed by atoms with van der Waals surface area (Å²) in [6.07, 6.45) is 0. The third-order valence-corrected chi connectivity index (χ3v) is 4.26. The number of ether oxygens (including phenoxy) is 1. The minimum absolute atomic E-state index is 0.135. The Bertz CT molecular complexity index is 727. The first kappa shape index (κ1) is 14.2. The number of rotatable bonds is 4. The van der Waals surface area contributed by atoms with Gasteiger partial charge in [0.05, 0.1) is 17.7 Å². The van der Waals surface area contributed by atoms with Crippen LogP contribution >= 0.6 is 0 Å². The highest BCUT2D eigenvalue weighted by Gasteiger charge is 2.15. The summed E-state index contributed by atoms with van der Waals surface area (Å²) in [5.41, 5.74) is 7.63. The lowest BCUT2D eigenvalue weighted by Crippen LogP contribution is -2.13. The molecule has 0 aliphatic carbocycles. The summed E-state index contributed by atoms with van der Waals surface area (Å²) >= 11 is 0. The van der Waals surface area contributed by atoms with Crippen LogP contribution in [0, 0.1) is 6.92 Å². The van der Waals surface area contributed by atoms with Crippen LogP contribution in [0.1, 0.15) is 5.56 Å². The second kappa shape index (κ2) is 5.42. The number of aryl methyl sites for hydroxylation is 1. The minimum atomic E-state index is -3.66. The maximum absolute atomic E-state index is 12.3. The Morgan fingerprint density at radius 3 is 2.55 bits per heavy atom. The lowest BCUT2D eigenvalue weighted by atomic mass is 10.2. The van der Waals surface area contributed by atoms with Gasteiger partial charge in [-0.2, -0.15) is 0 Å². The molecule has 2 rings (SSSR count). The second-order valence-electron chi connectivity index (χ2n) is 4.36.